The summed E-state index contributed by atoms with van der Waals surface area (Å²) in [5.74, 6) is 0.884. The molecule has 0 aromatic carbocycles. The first kappa shape index (κ1) is 13.2. The lowest BCUT2D eigenvalue weighted by atomic mass is 10.3. The van der Waals surface area contributed by atoms with Gasteiger partial charge in [-0.1, -0.05) is 0 Å². The molecule has 0 bridgehead atoms. The van der Waals surface area contributed by atoms with Crippen molar-refractivity contribution in [1.29, 1.82) is 0 Å². The van der Waals surface area contributed by atoms with Crippen LogP contribution in [0.15, 0.2) is 12.4 Å². The van der Waals surface area contributed by atoms with Crippen LogP contribution in [0.1, 0.15) is 20.8 Å². The van der Waals surface area contributed by atoms with Crippen LogP contribution in [0.25, 0.3) is 0 Å². The van der Waals surface area contributed by atoms with E-state index < -0.39 is 0 Å². The molecule has 0 aliphatic rings. The molecule has 1 unspecified atom stereocenters. The van der Waals surface area contributed by atoms with Crippen LogP contribution in [0.3, 0.4) is 0 Å². The zero-order valence-corrected chi connectivity index (χ0v) is 10.5. The van der Waals surface area contributed by atoms with Gasteiger partial charge in [0, 0.05) is 13.1 Å². The van der Waals surface area contributed by atoms with Crippen molar-refractivity contribution in [3.8, 4) is 0 Å². The van der Waals surface area contributed by atoms with E-state index in [-0.39, 0.29) is 11.9 Å². The Kier molecular flexibility index (Phi) is 4.68. The van der Waals surface area contributed by atoms with E-state index in [0.29, 0.717) is 24.7 Å². The van der Waals surface area contributed by atoms with Gasteiger partial charge in [-0.2, -0.15) is 0 Å². The minimum absolute atomic E-state index is 0.0409. The smallest absolute Gasteiger partial charge is 0.244 e. The van der Waals surface area contributed by atoms with Crippen molar-refractivity contribution < 1.29 is 4.79 Å². The summed E-state index contributed by atoms with van der Waals surface area (Å²) in [6.07, 6.45) is 3.00. The highest BCUT2D eigenvalue weighted by Gasteiger charge is 2.18. The number of carbonyl (C=O) groups is 1. The zero-order chi connectivity index (χ0) is 12.8. The van der Waals surface area contributed by atoms with Crippen molar-refractivity contribution >= 4 is 17.5 Å². The lowest BCUT2D eigenvalue weighted by Gasteiger charge is -2.23. The molecule has 1 atom stereocenters. The molecule has 1 amide bonds. The Morgan fingerprint density at radius 3 is 2.65 bits per heavy atom. The van der Waals surface area contributed by atoms with Crippen LogP contribution in [0.5, 0.6) is 0 Å². The highest BCUT2D eigenvalue weighted by atomic mass is 16.2. The summed E-state index contributed by atoms with van der Waals surface area (Å²) in [7, 11) is 0. The van der Waals surface area contributed by atoms with Gasteiger partial charge in [0.05, 0.1) is 12.4 Å². The normalized spacial score (nSPS) is 11.9. The maximum absolute atomic E-state index is 12.0. The van der Waals surface area contributed by atoms with Crippen LogP contribution in [-0.4, -0.2) is 39.9 Å². The van der Waals surface area contributed by atoms with Crippen LogP contribution >= 0.6 is 0 Å². The third-order valence-corrected chi connectivity index (χ3v) is 2.46. The third kappa shape index (κ3) is 3.58. The van der Waals surface area contributed by atoms with E-state index in [4.69, 9.17) is 5.73 Å². The molecule has 0 saturated heterocycles. The largest absolute Gasteiger partial charge is 0.382 e. The molecule has 1 aromatic rings. The number of rotatable bonds is 5. The maximum atomic E-state index is 12.0. The van der Waals surface area contributed by atoms with Crippen molar-refractivity contribution in [1.82, 2.24) is 14.9 Å². The second kappa shape index (κ2) is 6.03. The maximum Gasteiger partial charge on any atom is 0.244 e. The van der Waals surface area contributed by atoms with Gasteiger partial charge in [-0.15, -0.1) is 0 Å². The van der Waals surface area contributed by atoms with Gasteiger partial charge in [0.25, 0.3) is 0 Å². The van der Waals surface area contributed by atoms with Crippen LogP contribution < -0.4 is 11.1 Å². The fourth-order valence-corrected chi connectivity index (χ4v) is 1.54. The molecule has 0 radical (unpaired) electrons. The molecule has 0 aliphatic carbocycles. The number of aromatic nitrogens is 2. The molecule has 6 heteroatoms. The molecule has 0 aliphatic heterocycles. The predicted molar refractivity (Wildman–Crippen MR) is 67.5 cm³/mol. The minimum Gasteiger partial charge on any atom is -0.382 e. The predicted octanol–water partition coefficient (Wildman–Crippen LogP) is 0.728. The topological polar surface area (TPSA) is 84.1 Å². The summed E-state index contributed by atoms with van der Waals surface area (Å²) in [5, 5.41) is 2.99. The van der Waals surface area contributed by atoms with Crippen LogP contribution in [0.2, 0.25) is 0 Å². The Balaban J connectivity index is 2.65. The van der Waals surface area contributed by atoms with Crippen molar-refractivity contribution in [2.45, 2.75) is 26.8 Å². The summed E-state index contributed by atoms with van der Waals surface area (Å²) < 4.78 is 0. The average molecular weight is 237 g/mol. The number of anilines is 2. The van der Waals surface area contributed by atoms with Crippen LogP contribution in [-0.2, 0) is 4.79 Å². The molecular formula is C11H19N5O. The van der Waals surface area contributed by atoms with E-state index in [2.05, 4.69) is 15.3 Å². The fourth-order valence-electron chi connectivity index (χ4n) is 1.54. The number of nitrogens with zero attached hydrogens (tertiary/aromatic N) is 3. The molecule has 94 valence electrons. The summed E-state index contributed by atoms with van der Waals surface area (Å²) in [5.41, 5.74) is 5.51. The van der Waals surface area contributed by atoms with Gasteiger partial charge in [0.15, 0.2) is 0 Å². The van der Waals surface area contributed by atoms with Gasteiger partial charge in [0.1, 0.15) is 17.7 Å². The summed E-state index contributed by atoms with van der Waals surface area (Å²) in [4.78, 5) is 21.7. The van der Waals surface area contributed by atoms with Gasteiger partial charge in [-0.3, -0.25) is 9.78 Å². The monoisotopic (exact) mass is 237 g/mol. The van der Waals surface area contributed by atoms with E-state index in [0.717, 1.165) is 0 Å². The molecule has 3 N–H and O–H groups in total. The highest BCUT2D eigenvalue weighted by Crippen LogP contribution is 2.06. The molecule has 0 saturated carbocycles. The number of nitrogen functional groups attached to an aromatic ring is 1. The number of amides is 1. The molecule has 1 aromatic heterocycles. The summed E-state index contributed by atoms with van der Waals surface area (Å²) in [6, 6.07) is -0.342. The Hall–Kier alpha value is -1.85. The van der Waals surface area contributed by atoms with E-state index in [1.165, 1.54) is 6.20 Å². The Morgan fingerprint density at radius 2 is 2.12 bits per heavy atom. The summed E-state index contributed by atoms with van der Waals surface area (Å²) in [6.45, 7) is 7.10. The van der Waals surface area contributed by atoms with Crippen LogP contribution in [0, 0.1) is 0 Å². The number of nitrogens with two attached hydrogens (primary N) is 1. The first-order valence-electron chi connectivity index (χ1n) is 5.71. The molecular weight excluding hydrogens is 218 g/mol. The van der Waals surface area contributed by atoms with Gasteiger partial charge in [-0.05, 0) is 20.8 Å². The molecule has 1 rings (SSSR count). The Bertz CT molecular complexity index is 378. The minimum atomic E-state index is -0.342. The SMILES string of the molecule is CCN(CC)C(=O)C(C)Nc1cncc(N)n1. The molecule has 0 spiro atoms. The first-order valence-corrected chi connectivity index (χ1v) is 5.71. The van der Waals surface area contributed by atoms with Crippen molar-refractivity contribution in [3.05, 3.63) is 12.4 Å². The molecule has 17 heavy (non-hydrogen) atoms. The fraction of sp³-hybridized carbons (Fsp3) is 0.545. The van der Waals surface area contributed by atoms with Crippen molar-refractivity contribution in [2.75, 3.05) is 24.1 Å². The number of nitrogens with one attached hydrogen (secondary N) is 1. The quantitative estimate of drug-likeness (QED) is 0.788. The second-order valence-electron chi connectivity index (χ2n) is 3.71. The molecule has 6 nitrogen and oxygen atoms in total. The van der Waals surface area contributed by atoms with E-state index in [9.17, 15) is 4.79 Å². The lowest BCUT2D eigenvalue weighted by Crippen LogP contribution is -2.41. The van der Waals surface area contributed by atoms with E-state index in [1.54, 1.807) is 18.0 Å². The van der Waals surface area contributed by atoms with E-state index in [1.807, 2.05) is 13.8 Å². The second-order valence-corrected chi connectivity index (χ2v) is 3.71. The summed E-state index contributed by atoms with van der Waals surface area (Å²) >= 11 is 0. The zero-order valence-electron chi connectivity index (χ0n) is 10.5. The van der Waals surface area contributed by atoms with E-state index >= 15 is 0 Å². The number of hydrogen-bond acceptors (Lipinski definition) is 5. The number of likely N-dealkylation sites (N-methyl/N-ethyl adjacent to an activating group) is 1. The lowest BCUT2D eigenvalue weighted by molar-refractivity contribution is -0.131. The van der Waals surface area contributed by atoms with Crippen molar-refractivity contribution in [3.63, 3.8) is 0 Å². The third-order valence-electron chi connectivity index (χ3n) is 2.46. The Labute approximate surface area is 101 Å². The highest BCUT2D eigenvalue weighted by molar-refractivity contribution is 5.83. The van der Waals surface area contributed by atoms with Gasteiger partial charge < -0.3 is 16.0 Å². The number of carbonyl (C=O) groups excluding carboxylic acids is 1. The standard InChI is InChI=1S/C11H19N5O/c1-4-16(5-2)11(17)8(3)14-10-7-13-6-9(12)15-10/h6-8H,4-5H2,1-3H3,(H3,12,14,15). The molecule has 1 heterocycles. The number of hydrogen-bond donors (Lipinski definition) is 2. The van der Waals surface area contributed by atoms with Gasteiger partial charge in [0.2, 0.25) is 5.91 Å². The first-order chi connectivity index (χ1) is 8.08. The van der Waals surface area contributed by atoms with Crippen LogP contribution in [0.4, 0.5) is 11.6 Å². The average Bonchev–Trinajstić information content (AvgIpc) is 2.30. The van der Waals surface area contributed by atoms with Gasteiger partial charge in [-0.25, -0.2) is 4.98 Å². The van der Waals surface area contributed by atoms with Crippen molar-refractivity contribution in [2.24, 2.45) is 0 Å². The Morgan fingerprint density at radius 1 is 1.47 bits per heavy atom. The molecule has 0 fully saturated rings. The van der Waals surface area contributed by atoms with Gasteiger partial charge >= 0.3 is 0 Å².